The van der Waals surface area contributed by atoms with Gasteiger partial charge < -0.3 is 19.9 Å². The van der Waals surface area contributed by atoms with Gasteiger partial charge >= 0.3 is 0 Å². The third-order valence-corrected chi connectivity index (χ3v) is 6.52. The number of morpholine rings is 1. The molecule has 3 N–H and O–H groups in total. The summed E-state index contributed by atoms with van der Waals surface area (Å²) in [5.74, 6) is 0.597. The normalized spacial score (nSPS) is 13.9. The van der Waals surface area contributed by atoms with E-state index >= 15 is 0 Å². The number of carbonyl (C=O) groups is 2. The van der Waals surface area contributed by atoms with E-state index in [1.54, 1.807) is 35.9 Å². The van der Waals surface area contributed by atoms with Gasteiger partial charge in [-0.15, -0.1) is 0 Å². The number of ether oxygens (including phenoxy) is 1. The first-order chi connectivity index (χ1) is 19.0. The van der Waals surface area contributed by atoms with Crippen molar-refractivity contribution in [1.29, 1.82) is 0 Å². The van der Waals surface area contributed by atoms with Crippen molar-refractivity contribution in [2.75, 3.05) is 31.6 Å². The lowest BCUT2D eigenvalue weighted by molar-refractivity contribution is -0.116. The van der Waals surface area contributed by atoms with Crippen molar-refractivity contribution in [2.24, 2.45) is 5.92 Å². The number of aromatic amines is 2. The second-order valence-electron chi connectivity index (χ2n) is 9.88. The van der Waals surface area contributed by atoms with Crippen molar-refractivity contribution in [2.45, 2.75) is 20.3 Å². The fourth-order valence-electron chi connectivity index (χ4n) is 4.63. The zero-order valence-corrected chi connectivity index (χ0v) is 21.6. The number of nitrogens with one attached hydrogen (secondary N) is 3. The maximum Gasteiger partial charge on any atom is 0.257 e. The average Bonchev–Trinajstić information content (AvgIpc) is 3.56. The Balaban J connectivity index is 1.34. The van der Waals surface area contributed by atoms with Crippen LogP contribution in [0.4, 0.5) is 5.69 Å². The van der Waals surface area contributed by atoms with Crippen LogP contribution in [0.15, 0.2) is 43.1 Å². The van der Waals surface area contributed by atoms with Crippen LogP contribution in [0.25, 0.3) is 44.7 Å². The molecule has 0 aromatic carbocycles. The van der Waals surface area contributed by atoms with Crippen molar-refractivity contribution in [3.63, 3.8) is 0 Å². The quantitative estimate of drug-likeness (QED) is 0.305. The number of imidazole rings is 1. The molecule has 0 spiro atoms. The molecule has 0 radical (unpaired) electrons. The number of pyridine rings is 3. The fraction of sp³-hybridized carbons (Fsp3) is 0.296. The van der Waals surface area contributed by atoms with Crippen LogP contribution < -0.4 is 5.32 Å². The smallest absolute Gasteiger partial charge is 0.257 e. The SMILES string of the molecule is CC(C)CC(=O)Nc1cncc(-c2cnc3n[nH]c(-c4nc5c(C(=O)N6CCOCC6)cncc5[nH]4)c3c2)c1. The first-order valence-electron chi connectivity index (χ1n) is 12.8. The largest absolute Gasteiger partial charge is 0.378 e. The van der Waals surface area contributed by atoms with Gasteiger partial charge in [-0.05, 0) is 18.1 Å². The lowest BCUT2D eigenvalue weighted by atomic mass is 10.1. The Morgan fingerprint density at radius 2 is 1.85 bits per heavy atom. The highest BCUT2D eigenvalue weighted by Gasteiger charge is 2.23. The summed E-state index contributed by atoms with van der Waals surface area (Å²) in [5, 5.41) is 11.0. The number of rotatable bonds is 6. The molecule has 12 nitrogen and oxygen atoms in total. The summed E-state index contributed by atoms with van der Waals surface area (Å²) in [6, 6.07) is 3.81. The van der Waals surface area contributed by atoms with Gasteiger partial charge in [-0.25, -0.2) is 9.97 Å². The molecule has 1 aliphatic heterocycles. The van der Waals surface area contributed by atoms with Crippen molar-refractivity contribution in [1.82, 2.24) is 40.0 Å². The zero-order valence-electron chi connectivity index (χ0n) is 21.6. The van der Waals surface area contributed by atoms with Crippen molar-refractivity contribution in [3.05, 3.63) is 48.7 Å². The van der Waals surface area contributed by atoms with E-state index in [0.29, 0.717) is 72.2 Å². The van der Waals surface area contributed by atoms with E-state index < -0.39 is 0 Å². The number of nitrogens with zero attached hydrogens (tertiary/aromatic N) is 6. The topological polar surface area (TPSA) is 155 Å². The van der Waals surface area contributed by atoms with Gasteiger partial charge in [0, 0.05) is 49.2 Å². The molecular weight excluding hydrogens is 498 g/mol. The van der Waals surface area contributed by atoms with Crippen molar-refractivity contribution in [3.8, 4) is 22.6 Å². The number of hydrogen-bond acceptors (Lipinski definition) is 8. The van der Waals surface area contributed by atoms with Crippen molar-refractivity contribution < 1.29 is 14.3 Å². The van der Waals surface area contributed by atoms with Gasteiger partial charge in [0.05, 0.1) is 47.8 Å². The van der Waals surface area contributed by atoms with Crippen LogP contribution in [-0.2, 0) is 9.53 Å². The summed E-state index contributed by atoms with van der Waals surface area (Å²) >= 11 is 0. The minimum atomic E-state index is -0.124. The molecular formula is C27H27N9O3. The maximum absolute atomic E-state index is 13.2. The first-order valence-corrected chi connectivity index (χ1v) is 12.8. The highest BCUT2D eigenvalue weighted by molar-refractivity contribution is 6.05. The van der Waals surface area contributed by atoms with E-state index in [2.05, 4.69) is 35.5 Å². The number of fused-ring (bicyclic) bond motifs is 2. The Labute approximate surface area is 223 Å². The van der Waals surface area contributed by atoms with Crippen LogP contribution in [0.3, 0.4) is 0 Å². The second-order valence-corrected chi connectivity index (χ2v) is 9.88. The lowest BCUT2D eigenvalue weighted by Gasteiger charge is -2.26. The number of carbonyl (C=O) groups excluding carboxylic acids is 2. The van der Waals surface area contributed by atoms with E-state index in [0.717, 1.165) is 16.5 Å². The van der Waals surface area contributed by atoms with Crippen LogP contribution in [0.2, 0.25) is 0 Å². The standard InChI is InChI=1S/C27H27N9O3/c1-15(2)7-22(37)31-18-8-16(10-28-12-18)17-9-19-24(34-35-25(19)30-11-17)26-32-21-14-29-13-20(23(21)33-26)27(38)36-3-5-39-6-4-36/h8-15H,3-7H2,1-2H3,(H,31,37)(H,32,33)(H,30,34,35). The van der Waals surface area contributed by atoms with E-state index in [1.807, 2.05) is 26.0 Å². The molecule has 0 atom stereocenters. The third-order valence-electron chi connectivity index (χ3n) is 6.52. The molecule has 12 heteroatoms. The molecule has 5 aromatic rings. The first kappa shape index (κ1) is 24.6. The van der Waals surface area contributed by atoms with Gasteiger partial charge in [0.25, 0.3) is 5.91 Å². The number of hydrogen-bond donors (Lipinski definition) is 3. The minimum absolute atomic E-state index is 0.0551. The molecule has 1 saturated heterocycles. The number of anilines is 1. The lowest BCUT2D eigenvalue weighted by Crippen LogP contribution is -2.40. The number of H-pyrrole nitrogens is 2. The Bertz CT molecular complexity index is 1680. The summed E-state index contributed by atoms with van der Waals surface area (Å²) in [5.41, 5.74) is 4.99. The van der Waals surface area contributed by atoms with Gasteiger partial charge in [-0.2, -0.15) is 5.10 Å². The molecule has 5 aromatic heterocycles. The van der Waals surface area contributed by atoms with Crippen LogP contribution in [0.1, 0.15) is 30.6 Å². The summed E-state index contributed by atoms with van der Waals surface area (Å²) in [6.07, 6.45) is 8.69. The Hall–Kier alpha value is -4.71. The van der Waals surface area contributed by atoms with Crippen LogP contribution in [0.5, 0.6) is 0 Å². The van der Waals surface area contributed by atoms with Crippen LogP contribution in [-0.4, -0.2) is 78.1 Å². The molecule has 0 unspecified atom stereocenters. The van der Waals surface area contributed by atoms with Gasteiger partial charge in [0.15, 0.2) is 11.5 Å². The summed E-state index contributed by atoms with van der Waals surface area (Å²) in [4.78, 5) is 48.3. The highest BCUT2D eigenvalue weighted by atomic mass is 16.5. The maximum atomic E-state index is 13.2. The van der Waals surface area contributed by atoms with Gasteiger partial charge in [-0.1, -0.05) is 13.8 Å². The predicted octanol–water partition coefficient (Wildman–Crippen LogP) is 3.42. The monoisotopic (exact) mass is 525 g/mol. The van der Waals surface area contributed by atoms with Gasteiger partial charge in [0.2, 0.25) is 5.91 Å². The molecule has 0 aliphatic carbocycles. The second kappa shape index (κ2) is 10.2. The molecule has 0 saturated carbocycles. The zero-order chi connectivity index (χ0) is 26.9. The summed E-state index contributed by atoms with van der Waals surface area (Å²) in [6.45, 7) is 6.09. The van der Waals surface area contributed by atoms with E-state index in [9.17, 15) is 9.59 Å². The van der Waals surface area contributed by atoms with Crippen molar-refractivity contribution >= 4 is 39.6 Å². The number of amides is 2. The van der Waals surface area contributed by atoms with Crippen LogP contribution in [0, 0.1) is 5.92 Å². The molecule has 0 bridgehead atoms. The van der Waals surface area contributed by atoms with E-state index in [1.165, 1.54) is 0 Å². The average molecular weight is 526 g/mol. The summed E-state index contributed by atoms with van der Waals surface area (Å²) in [7, 11) is 0. The minimum Gasteiger partial charge on any atom is -0.378 e. The van der Waals surface area contributed by atoms with E-state index in [4.69, 9.17) is 9.72 Å². The fourth-order valence-corrected chi connectivity index (χ4v) is 4.63. The third kappa shape index (κ3) is 4.93. The molecule has 6 rings (SSSR count). The number of aromatic nitrogens is 7. The Morgan fingerprint density at radius 1 is 1.05 bits per heavy atom. The molecule has 198 valence electrons. The highest BCUT2D eigenvalue weighted by Crippen LogP contribution is 2.30. The van der Waals surface area contributed by atoms with Crippen LogP contribution >= 0.6 is 0 Å². The molecule has 39 heavy (non-hydrogen) atoms. The summed E-state index contributed by atoms with van der Waals surface area (Å²) < 4.78 is 5.38. The molecule has 1 fully saturated rings. The molecule has 6 heterocycles. The predicted molar refractivity (Wildman–Crippen MR) is 145 cm³/mol. The van der Waals surface area contributed by atoms with Gasteiger partial charge in [-0.3, -0.25) is 24.7 Å². The van der Waals surface area contributed by atoms with E-state index in [-0.39, 0.29) is 17.7 Å². The van der Waals surface area contributed by atoms with Gasteiger partial charge in [0.1, 0.15) is 11.2 Å². The molecule has 1 aliphatic rings. The Kier molecular flexibility index (Phi) is 6.45. The molecule has 2 amide bonds. The Morgan fingerprint density at radius 3 is 2.67 bits per heavy atom.